The van der Waals surface area contributed by atoms with E-state index in [2.05, 4.69) is 25.4 Å². The minimum Gasteiger partial charge on any atom is -0.487 e. The van der Waals surface area contributed by atoms with Gasteiger partial charge in [0.15, 0.2) is 11.6 Å². The first-order valence-corrected chi connectivity index (χ1v) is 12.2. The molecular weight excluding hydrogens is 523 g/mol. The van der Waals surface area contributed by atoms with Gasteiger partial charge in [-0.3, -0.25) is 10.00 Å². The number of nitrogens with one attached hydrogen (secondary N) is 1. The molecule has 3 heterocycles. The Balaban J connectivity index is 1.35. The van der Waals surface area contributed by atoms with Gasteiger partial charge in [0.25, 0.3) is 0 Å². The molecule has 5 aromatic rings. The zero-order valence-corrected chi connectivity index (χ0v) is 21.5. The van der Waals surface area contributed by atoms with Gasteiger partial charge in [0, 0.05) is 24.9 Å². The maximum absolute atomic E-state index is 15.0. The van der Waals surface area contributed by atoms with Crippen LogP contribution in [0, 0.1) is 12.7 Å². The quantitative estimate of drug-likeness (QED) is 0.273. The summed E-state index contributed by atoms with van der Waals surface area (Å²) in [6, 6.07) is 5.37. The first kappa shape index (κ1) is 24.7. The van der Waals surface area contributed by atoms with Crippen molar-refractivity contribution in [1.82, 2.24) is 24.7 Å². The second kappa shape index (κ2) is 10.1. The Kier molecular flexibility index (Phi) is 6.76. The molecule has 0 atom stereocenters. The Labute approximate surface area is 219 Å². The van der Waals surface area contributed by atoms with E-state index in [-0.39, 0.29) is 24.0 Å². The van der Waals surface area contributed by atoms with Crippen LogP contribution < -0.4 is 14.8 Å². The molecule has 37 heavy (non-hydrogen) atoms. The molecule has 0 fully saturated rings. The monoisotopic (exact) mass is 542 g/mol. The van der Waals surface area contributed by atoms with Gasteiger partial charge in [0.05, 0.1) is 40.9 Å². The molecule has 13 heteroatoms. The van der Waals surface area contributed by atoms with E-state index in [1.165, 1.54) is 41.6 Å². The minimum atomic E-state index is -0.746. The predicted octanol–water partition coefficient (Wildman–Crippen LogP) is 5.38. The maximum Gasteiger partial charge on any atom is 0.411 e. The molecule has 3 aromatic heterocycles. The van der Waals surface area contributed by atoms with Gasteiger partial charge in [-0.15, -0.1) is 11.3 Å². The lowest BCUT2D eigenvalue weighted by atomic mass is 10.1. The Bertz CT molecular complexity index is 1640. The van der Waals surface area contributed by atoms with E-state index < -0.39 is 11.9 Å². The number of aryl methyl sites for hydroxylation is 2. The summed E-state index contributed by atoms with van der Waals surface area (Å²) in [7, 11) is 3.25. The number of amides is 1. The summed E-state index contributed by atoms with van der Waals surface area (Å²) in [5.74, 6) is -0.411. The lowest BCUT2D eigenvalue weighted by Gasteiger charge is -2.09. The summed E-state index contributed by atoms with van der Waals surface area (Å²) in [5.41, 5.74) is 3.80. The highest BCUT2D eigenvalue weighted by molar-refractivity contribution is 7.21. The number of benzene rings is 2. The average Bonchev–Trinajstić information content (AvgIpc) is 3.49. The molecule has 5 rings (SSSR count). The lowest BCUT2D eigenvalue weighted by Crippen LogP contribution is -2.17. The molecule has 0 unspecified atom stereocenters. The van der Waals surface area contributed by atoms with Crippen molar-refractivity contribution in [2.45, 2.75) is 6.92 Å². The number of halogens is 2. The van der Waals surface area contributed by atoms with Crippen LogP contribution in [0.4, 0.5) is 14.9 Å². The van der Waals surface area contributed by atoms with Crippen molar-refractivity contribution in [2.24, 2.45) is 7.05 Å². The van der Waals surface area contributed by atoms with Gasteiger partial charge in [-0.1, -0.05) is 11.6 Å². The number of thiazole rings is 1. The number of hydrogen-bond acceptors (Lipinski definition) is 9. The molecule has 0 saturated heterocycles. The first-order chi connectivity index (χ1) is 17.8. The summed E-state index contributed by atoms with van der Waals surface area (Å²) < 4.78 is 32.9. The van der Waals surface area contributed by atoms with Crippen LogP contribution in [0.1, 0.15) is 5.56 Å². The maximum atomic E-state index is 15.0. The van der Waals surface area contributed by atoms with Crippen LogP contribution in [0.15, 0.2) is 36.8 Å². The predicted molar refractivity (Wildman–Crippen MR) is 138 cm³/mol. The molecule has 10 nitrogen and oxygen atoms in total. The van der Waals surface area contributed by atoms with Gasteiger partial charge < -0.3 is 14.2 Å². The minimum absolute atomic E-state index is 0.0670. The third kappa shape index (κ3) is 5.11. The zero-order chi connectivity index (χ0) is 26.1. The van der Waals surface area contributed by atoms with E-state index in [0.29, 0.717) is 37.8 Å². The number of ether oxygens (including phenoxy) is 3. The summed E-state index contributed by atoms with van der Waals surface area (Å²) in [6.07, 6.45) is 3.96. The summed E-state index contributed by atoms with van der Waals surface area (Å²) >= 11 is 7.64. The topological polar surface area (TPSA) is 113 Å². The Morgan fingerprint density at radius 3 is 2.78 bits per heavy atom. The molecule has 1 amide bonds. The number of aromatic nitrogens is 5. The Morgan fingerprint density at radius 1 is 1.19 bits per heavy atom. The van der Waals surface area contributed by atoms with Crippen LogP contribution in [-0.2, 0) is 11.8 Å². The number of hydrogen-bond donors (Lipinski definition) is 1. The SMILES string of the molecule is COc1cnc2c(-c3nc4c(Cl)c(F)c(OCCOC(=O)Nc5cnn(C)c5)cc4s3)cc(C)cc2n1. The van der Waals surface area contributed by atoms with Crippen molar-refractivity contribution in [1.29, 1.82) is 0 Å². The molecule has 0 saturated carbocycles. The van der Waals surface area contributed by atoms with Crippen molar-refractivity contribution < 1.29 is 23.4 Å². The second-order valence-electron chi connectivity index (χ2n) is 7.97. The van der Waals surface area contributed by atoms with Gasteiger partial charge in [-0.25, -0.2) is 24.1 Å². The molecule has 0 aliphatic heterocycles. The molecule has 0 bridgehead atoms. The normalized spacial score (nSPS) is 11.2. The lowest BCUT2D eigenvalue weighted by molar-refractivity contribution is 0.136. The van der Waals surface area contributed by atoms with Gasteiger partial charge >= 0.3 is 6.09 Å². The number of methoxy groups -OCH3 is 1. The van der Waals surface area contributed by atoms with E-state index in [0.717, 1.165) is 11.1 Å². The van der Waals surface area contributed by atoms with E-state index in [1.807, 2.05) is 19.1 Å². The number of fused-ring (bicyclic) bond motifs is 2. The summed E-state index contributed by atoms with van der Waals surface area (Å²) in [5, 5.41) is 6.93. The molecule has 190 valence electrons. The van der Waals surface area contributed by atoms with E-state index in [4.69, 9.17) is 25.8 Å². The van der Waals surface area contributed by atoms with Crippen LogP contribution in [0.25, 0.3) is 31.8 Å². The summed E-state index contributed by atoms with van der Waals surface area (Å²) in [6.45, 7) is 1.76. The van der Waals surface area contributed by atoms with E-state index in [1.54, 1.807) is 13.2 Å². The van der Waals surface area contributed by atoms with Gasteiger partial charge in [-0.2, -0.15) is 5.10 Å². The van der Waals surface area contributed by atoms with Crippen molar-refractivity contribution >= 4 is 56.0 Å². The fraction of sp³-hybridized carbons (Fsp3) is 0.208. The van der Waals surface area contributed by atoms with E-state index >= 15 is 0 Å². The highest BCUT2D eigenvalue weighted by atomic mass is 35.5. The smallest absolute Gasteiger partial charge is 0.411 e. The number of anilines is 1. The van der Waals surface area contributed by atoms with Crippen molar-refractivity contribution in [3.8, 4) is 22.2 Å². The Hall–Kier alpha value is -4.03. The zero-order valence-electron chi connectivity index (χ0n) is 19.9. The van der Waals surface area contributed by atoms with E-state index in [9.17, 15) is 9.18 Å². The van der Waals surface area contributed by atoms with Crippen LogP contribution in [0.2, 0.25) is 5.02 Å². The third-order valence-electron chi connectivity index (χ3n) is 5.27. The van der Waals surface area contributed by atoms with Gasteiger partial charge in [-0.05, 0) is 24.6 Å². The second-order valence-corrected chi connectivity index (χ2v) is 9.38. The van der Waals surface area contributed by atoms with Gasteiger partial charge in [0.1, 0.15) is 28.8 Å². The molecule has 0 spiro atoms. The van der Waals surface area contributed by atoms with Crippen molar-refractivity contribution in [3.05, 3.63) is 53.2 Å². The highest BCUT2D eigenvalue weighted by Gasteiger charge is 2.20. The van der Waals surface area contributed by atoms with Crippen molar-refractivity contribution in [3.63, 3.8) is 0 Å². The van der Waals surface area contributed by atoms with Crippen LogP contribution in [0.3, 0.4) is 0 Å². The number of rotatable bonds is 7. The summed E-state index contributed by atoms with van der Waals surface area (Å²) in [4.78, 5) is 25.4. The molecule has 0 aliphatic rings. The Morgan fingerprint density at radius 2 is 2.03 bits per heavy atom. The molecule has 1 N–H and O–H groups in total. The molecule has 2 aromatic carbocycles. The highest BCUT2D eigenvalue weighted by Crippen LogP contribution is 2.40. The third-order valence-corrected chi connectivity index (χ3v) is 6.65. The number of nitrogens with zero attached hydrogens (tertiary/aromatic N) is 5. The van der Waals surface area contributed by atoms with Crippen LogP contribution >= 0.6 is 22.9 Å². The van der Waals surface area contributed by atoms with Gasteiger partial charge in [0.2, 0.25) is 5.88 Å². The standard InChI is InChI=1S/C24H20ClFN6O4S/c1-12-6-14(21-15(7-12)30-18(34-3)10-27-21)23-31-22-17(37-23)8-16(20(26)19(22)25)35-4-5-36-24(33)29-13-9-28-32(2)11-13/h6-11H,4-5H2,1-3H3,(H,29,33). The van der Waals surface area contributed by atoms with Crippen molar-refractivity contribution in [2.75, 3.05) is 25.6 Å². The fourth-order valence-corrected chi connectivity index (χ4v) is 4.95. The molecule has 0 radical (unpaired) electrons. The fourth-order valence-electron chi connectivity index (χ4n) is 3.64. The van der Waals surface area contributed by atoms with Crippen LogP contribution in [-0.4, -0.2) is 51.1 Å². The number of carbonyl (C=O) groups excluding carboxylic acids is 1. The largest absolute Gasteiger partial charge is 0.487 e. The van der Waals surface area contributed by atoms with Crippen LogP contribution in [0.5, 0.6) is 11.6 Å². The molecular formula is C24H20ClFN6O4S. The first-order valence-electron chi connectivity index (χ1n) is 11.0. The number of carbonyl (C=O) groups is 1. The average molecular weight is 543 g/mol. The molecule has 0 aliphatic carbocycles.